The maximum Gasteiger partial charge on any atom is 0.328 e. The van der Waals surface area contributed by atoms with Gasteiger partial charge in [0, 0.05) is 12.2 Å². The molecule has 0 radical (unpaired) electrons. The summed E-state index contributed by atoms with van der Waals surface area (Å²) >= 11 is 0. The molecule has 0 heterocycles. The van der Waals surface area contributed by atoms with E-state index < -0.39 is 11.9 Å². The Morgan fingerprint density at radius 1 is 0.750 bits per heavy atom. The van der Waals surface area contributed by atoms with E-state index in [1.54, 1.807) is 0 Å². The Hall–Kier alpha value is -2.10. The van der Waals surface area contributed by atoms with Gasteiger partial charge in [-0.15, -0.1) is 0 Å². The smallest absolute Gasteiger partial charge is 0.328 e. The molecule has 0 aromatic heterocycles. The Kier molecular flexibility index (Phi) is 13.2. The Balaban J connectivity index is 0. The van der Waals surface area contributed by atoms with Crippen molar-refractivity contribution in [2.45, 2.75) is 13.8 Å². The topological polar surface area (TPSA) is 74.6 Å². The van der Waals surface area contributed by atoms with Crippen molar-refractivity contribution in [2.75, 3.05) is 0 Å². The van der Waals surface area contributed by atoms with Crippen molar-refractivity contribution >= 4 is 11.9 Å². The normalized spacial score (nSPS) is 11.1. The fraction of sp³-hybridized carbons (Fsp3) is 0.167. The molecule has 0 aliphatic heterocycles. The monoisotopic (exact) mass is 224 g/mol. The van der Waals surface area contributed by atoms with Gasteiger partial charge in [0.15, 0.2) is 0 Å². The van der Waals surface area contributed by atoms with Gasteiger partial charge in [-0.2, -0.15) is 0 Å². The first-order valence-corrected chi connectivity index (χ1v) is 4.59. The first kappa shape index (κ1) is 16.3. The van der Waals surface area contributed by atoms with Crippen LogP contribution in [0.3, 0.4) is 0 Å². The average Bonchev–Trinajstić information content (AvgIpc) is 2.22. The van der Waals surface area contributed by atoms with Crippen LogP contribution in [0, 0.1) is 0 Å². The summed E-state index contributed by atoms with van der Waals surface area (Å²) in [6.07, 6.45) is 12.0. The molecule has 0 fully saturated rings. The van der Waals surface area contributed by atoms with Crippen LogP contribution in [0.4, 0.5) is 0 Å². The van der Waals surface area contributed by atoms with Crippen molar-refractivity contribution in [3.8, 4) is 0 Å². The summed E-state index contributed by atoms with van der Waals surface area (Å²) in [7, 11) is 0. The fourth-order valence-corrected chi connectivity index (χ4v) is 0.498. The summed E-state index contributed by atoms with van der Waals surface area (Å²) in [4.78, 5) is 19.6. The number of hydrogen-bond acceptors (Lipinski definition) is 2. The van der Waals surface area contributed by atoms with Crippen LogP contribution in [-0.2, 0) is 9.59 Å². The van der Waals surface area contributed by atoms with Crippen LogP contribution in [0.15, 0.2) is 48.6 Å². The largest absolute Gasteiger partial charge is 0.478 e. The van der Waals surface area contributed by atoms with Crippen molar-refractivity contribution < 1.29 is 19.8 Å². The maximum absolute atomic E-state index is 9.78. The van der Waals surface area contributed by atoms with Crippen molar-refractivity contribution in [2.24, 2.45) is 0 Å². The minimum absolute atomic E-state index is 0.847. The zero-order valence-corrected chi connectivity index (χ0v) is 9.33. The quantitative estimate of drug-likeness (QED) is 0.568. The third-order valence-electron chi connectivity index (χ3n) is 1.08. The van der Waals surface area contributed by atoms with E-state index in [0.717, 1.165) is 24.3 Å². The summed E-state index contributed by atoms with van der Waals surface area (Å²) in [6, 6.07) is 0. The molecule has 0 rings (SSSR count). The van der Waals surface area contributed by atoms with Gasteiger partial charge in [-0.3, -0.25) is 0 Å². The number of carbonyl (C=O) groups is 2. The lowest BCUT2D eigenvalue weighted by atomic mass is 10.4. The molecular formula is C12H16O4. The highest BCUT2D eigenvalue weighted by atomic mass is 16.4. The Morgan fingerprint density at radius 3 is 1.25 bits per heavy atom. The number of allylic oxidation sites excluding steroid dienone is 6. The Labute approximate surface area is 94.9 Å². The molecule has 0 aliphatic rings. The molecule has 0 aliphatic carbocycles. The summed E-state index contributed by atoms with van der Waals surface area (Å²) < 4.78 is 0. The summed E-state index contributed by atoms with van der Waals surface area (Å²) in [5.74, 6) is -2.20. The van der Waals surface area contributed by atoms with Crippen LogP contribution in [0.25, 0.3) is 0 Å². The van der Waals surface area contributed by atoms with Gasteiger partial charge in [-0.25, -0.2) is 9.59 Å². The van der Waals surface area contributed by atoms with Crippen LogP contribution >= 0.6 is 0 Å². The molecule has 0 unspecified atom stereocenters. The van der Waals surface area contributed by atoms with Gasteiger partial charge in [0.1, 0.15) is 0 Å². The lowest BCUT2D eigenvalue weighted by Crippen LogP contribution is -1.86. The predicted molar refractivity (Wildman–Crippen MR) is 63.2 cm³/mol. The summed E-state index contributed by atoms with van der Waals surface area (Å²) in [5.41, 5.74) is 0. The molecule has 0 saturated carbocycles. The average molecular weight is 224 g/mol. The molecule has 0 saturated heterocycles. The molecule has 0 amide bonds. The molecule has 0 aromatic rings. The molecule has 88 valence electrons. The number of rotatable bonds is 4. The highest BCUT2D eigenvalue weighted by Crippen LogP contribution is 1.77. The molecule has 2 N–H and O–H groups in total. The van der Waals surface area contributed by atoms with E-state index in [4.69, 9.17) is 10.2 Å². The second kappa shape index (κ2) is 12.9. The molecular weight excluding hydrogens is 208 g/mol. The van der Waals surface area contributed by atoms with E-state index in [2.05, 4.69) is 0 Å². The number of carboxylic acid groups (broad SMARTS) is 2. The van der Waals surface area contributed by atoms with Gasteiger partial charge in [0.2, 0.25) is 0 Å². The van der Waals surface area contributed by atoms with Gasteiger partial charge in [0.05, 0.1) is 0 Å². The number of hydrogen-bond donors (Lipinski definition) is 2. The first-order chi connectivity index (χ1) is 7.54. The predicted octanol–water partition coefficient (Wildman–Crippen LogP) is 2.41. The van der Waals surface area contributed by atoms with Crippen molar-refractivity contribution in [3.05, 3.63) is 48.6 Å². The van der Waals surface area contributed by atoms with Crippen molar-refractivity contribution in [1.29, 1.82) is 0 Å². The van der Waals surface area contributed by atoms with Crippen LogP contribution in [-0.4, -0.2) is 22.2 Å². The van der Waals surface area contributed by atoms with Crippen molar-refractivity contribution in [1.82, 2.24) is 0 Å². The zero-order chi connectivity index (χ0) is 12.8. The first-order valence-electron chi connectivity index (χ1n) is 4.59. The molecule has 0 atom stereocenters. The number of aliphatic carboxylic acids is 2. The number of carboxylic acids is 2. The van der Waals surface area contributed by atoms with E-state index in [-0.39, 0.29) is 0 Å². The Morgan fingerprint density at radius 2 is 1.06 bits per heavy atom. The van der Waals surface area contributed by atoms with E-state index in [1.165, 1.54) is 0 Å². The fourth-order valence-electron chi connectivity index (χ4n) is 0.498. The minimum atomic E-state index is -1.10. The molecule has 4 heteroatoms. The SMILES string of the molecule is C/C=C\C=C/C.O=C(O)/C=C\C=C/C(=O)O. The lowest BCUT2D eigenvalue weighted by molar-refractivity contribution is -0.132. The van der Waals surface area contributed by atoms with Crippen LogP contribution in [0.1, 0.15) is 13.8 Å². The molecule has 16 heavy (non-hydrogen) atoms. The van der Waals surface area contributed by atoms with E-state index in [0.29, 0.717) is 0 Å². The third kappa shape index (κ3) is 22.7. The van der Waals surface area contributed by atoms with E-state index in [1.807, 2.05) is 38.2 Å². The molecule has 0 spiro atoms. The summed E-state index contributed by atoms with van der Waals surface area (Å²) in [6.45, 7) is 4.00. The highest BCUT2D eigenvalue weighted by Gasteiger charge is 1.83. The lowest BCUT2D eigenvalue weighted by Gasteiger charge is -1.75. The Bertz CT molecular complexity index is 277. The van der Waals surface area contributed by atoms with Gasteiger partial charge >= 0.3 is 11.9 Å². The van der Waals surface area contributed by atoms with Crippen LogP contribution in [0.2, 0.25) is 0 Å². The minimum Gasteiger partial charge on any atom is -0.478 e. The van der Waals surface area contributed by atoms with Gasteiger partial charge in [0.25, 0.3) is 0 Å². The van der Waals surface area contributed by atoms with Crippen molar-refractivity contribution in [3.63, 3.8) is 0 Å². The van der Waals surface area contributed by atoms with Crippen LogP contribution in [0.5, 0.6) is 0 Å². The molecule has 0 bridgehead atoms. The van der Waals surface area contributed by atoms with Gasteiger partial charge < -0.3 is 10.2 Å². The zero-order valence-electron chi connectivity index (χ0n) is 9.33. The standard InChI is InChI=1S/C6H6O4.C6H10/c7-5(8)3-1-2-4-6(9)10;1-3-5-6-4-2/h1-4H,(H,7,8)(H,9,10);3-6H,1-2H3/b3-1-,4-2-;5-3-,6-4-. The van der Waals surface area contributed by atoms with Crippen LogP contribution < -0.4 is 0 Å². The summed E-state index contributed by atoms with van der Waals surface area (Å²) in [5, 5.41) is 16.0. The van der Waals surface area contributed by atoms with Gasteiger partial charge in [-0.1, -0.05) is 36.5 Å². The second-order valence-electron chi connectivity index (χ2n) is 2.45. The second-order valence-corrected chi connectivity index (χ2v) is 2.45. The third-order valence-corrected chi connectivity index (χ3v) is 1.08. The van der Waals surface area contributed by atoms with E-state index >= 15 is 0 Å². The highest BCUT2D eigenvalue weighted by molar-refractivity contribution is 5.82. The molecule has 4 nitrogen and oxygen atoms in total. The van der Waals surface area contributed by atoms with E-state index in [9.17, 15) is 9.59 Å². The maximum atomic E-state index is 9.78. The van der Waals surface area contributed by atoms with Gasteiger partial charge in [-0.05, 0) is 13.8 Å². The molecule has 0 aromatic carbocycles.